The van der Waals surface area contributed by atoms with Gasteiger partial charge in [0.25, 0.3) is 0 Å². The molecule has 7 heteroatoms. The van der Waals surface area contributed by atoms with Crippen molar-refractivity contribution in [1.29, 1.82) is 0 Å². The van der Waals surface area contributed by atoms with E-state index in [1.807, 2.05) is 20.3 Å². The number of nitrogens with one attached hydrogen (secondary N) is 1. The Morgan fingerprint density at radius 2 is 2.10 bits per heavy atom. The Morgan fingerprint density at radius 3 is 2.62 bits per heavy atom. The van der Waals surface area contributed by atoms with E-state index in [0.29, 0.717) is 18.3 Å². The first kappa shape index (κ1) is 20.2. The molecular formula is C14H26Cl2N4O. The maximum absolute atomic E-state index is 12.3. The molecule has 0 spiro atoms. The number of nitrogens with zero attached hydrogens (tertiary/aromatic N) is 3. The number of carbonyl (C=O) groups is 1. The van der Waals surface area contributed by atoms with E-state index in [-0.39, 0.29) is 30.7 Å². The SMILES string of the molecule is CC(CC(=O)N(C)c1cnn(C)c1)C1CCNCC1.Cl.Cl. The molecule has 1 aromatic heterocycles. The summed E-state index contributed by atoms with van der Waals surface area (Å²) in [5.74, 6) is 1.31. The molecule has 122 valence electrons. The van der Waals surface area contributed by atoms with Crippen molar-refractivity contribution in [3.05, 3.63) is 12.4 Å². The van der Waals surface area contributed by atoms with Crippen molar-refractivity contribution in [1.82, 2.24) is 15.1 Å². The largest absolute Gasteiger partial charge is 0.317 e. The van der Waals surface area contributed by atoms with Crippen LogP contribution in [0, 0.1) is 11.8 Å². The normalized spacial score (nSPS) is 16.5. The molecule has 1 fully saturated rings. The van der Waals surface area contributed by atoms with Gasteiger partial charge in [0.15, 0.2) is 0 Å². The number of anilines is 1. The number of aryl methyl sites for hydroxylation is 1. The number of aromatic nitrogens is 2. The van der Waals surface area contributed by atoms with Gasteiger partial charge in [-0.1, -0.05) is 6.92 Å². The second-order valence-corrected chi connectivity index (χ2v) is 5.59. The highest BCUT2D eigenvalue weighted by atomic mass is 35.5. The molecule has 2 heterocycles. The lowest BCUT2D eigenvalue weighted by atomic mass is 9.84. The van der Waals surface area contributed by atoms with Crippen LogP contribution in [0.25, 0.3) is 0 Å². The topological polar surface area (TPSA) is 50.2 Å². The van der Waals surface area contributed by atoms with Crippen molar-refractivity contribution in [3.8, 4) is 0 Å². The Kier molecular flexibility index (Phi) is 8.94. The van der Waals surface area contributed by atoms with Crippen LogP contribution in [-0.2, 0) is 11.8 Å². The fourth-order valence-electron chi connectivity index (χ4n) is 2.72. The second kappa shape index (κ2) is 9.28. The van der Waals surface area contributed by atoms with Crippen molar-refractivity contribution in [3.63, 3.8) is 0 Å². The average molecular weight is 337 g/mol. The summed E-state index contributed by atoms with van der Waals surface area (Å²) in [4.78, 5) is 14.0. The molecule has 1 saturated heterocycles. The summed E-state index contributed by atoms with van der Waals surface area (Å²) < 4.78 is 1.72. The minimum absolute atomic E-state index is 0. The van der Waals surface area contributed by atoms with Crippen LogP contribution in [0.3, 0.4) is 0 Å². The summed E-state index contributed by atoms with van der Waals surface area (Å²) in [6.45, 7) is 4.37. The van der Waals surface area contributed by atoms with Crippen LogP contribution in [0.1, 0.15) is 26.2 Å². The highest BCUT2D eigenvalue weighted by molar-refractivity contribution is 5.92. The van der Waals surface area contributed by atoms with E-state index in [4.69, 9.17) is 0 Å². The summed E-state index contributed by atoms with van der Waals surface area (Å²) in [5, 5.41) is 7.47. The fourth-order valence-corrected chi connectivity index (χ4v) is 2.72. The Labute approximate surface area is 139 Å². The Bertz CT molecular complexity index is 432. The number of halogens is 2. The molecule has 0 saturated carbocycles. The van der Waals surface area contributed by atoms with Crippen LogP contribution in [-0.4, -0.2) is 35.8 Å². The van der Waals surface area contributed by atoms with Gasteiger partial charge in [0.1, 0.15) is 0 Å². The summed E-state index contributed by atoms with van der Waals surface area (Å²) >= 11 is 0. The van der Waals surface area contributed by atoms with E-state index in [1.165, 1.54) is 12.8 Å². The van der Waals surface area contributed by atoms with Crippen LogP contribution in [0.5, 0.6) is 0 Å². The summed E-state index contributed by atoms with van der Waals surface area (Å²) in [6.07, 6.45) is 6.59. The van der Waals surface area contributed by atoms with Gasteiger partial charge in [-0.15, -0.1) is 24.8 Å². The molecule has 0 aliphatic carbocycles. The monoisotopic (exact) mass is 336 g/mol. The quantitative estimate of drug-likeness (QED) is 0.917. The standard InChI is InChI=1S/C14H24N4O.2ClH/c1-11(12-4-6-15-7-5-12)8-14(19)18(3)13-9-16-17(2)10-13;;/h9-12,15H,4-8H2,1-3H3;2*1H. The van der Waals surface area contributed by atoms with Gasteiger partial charge in [0.05, 0.1) is 11.9 Å². The molecule has 1 unspecified atom stereocenters. The predicted molar refractivity (Wildman–Crippen MR) is 90.5 cm³/mol. The van der Waals surface area contributed by atoms with Crippen molar-refractivity contribution < 1.29 is 4.79 Å². The number of rotatable bonds is 4. The Hall–Kier alpha value is -0.780. The molecule has 1 amide bonds. The molecule has 0 bridgehead atoms. The molecule has 1 aliphatic heterocycles. The molecule has 1 N–H and O–H groups in total. The third-order valence-electron chi connectivity index (χ3n) is 4.14. The zero-order valence-electron chi connectivity index (χ0n) is 12.9. The molecule has 1 aliphatic rings. The van der Waals surface area contributed by atoms with Gasteiger partial charge in [-0.25, -0.2) is 0 Å². The minimum Gasteiger partial charge on any atom is -0.317 e. The average Bonchev–Trinajstić information content (AvgIpc) is 2.85. The number of hydrogen-bond donors (Lipinski definition) is 1. The van der Waals surface area contributed by atoms with Crippen LogP contribution >= 0.6 is 24.8 Å². The number of amides is 1. The summed E-state index contributed by atoms with van der Waals surface area (Å²) in [6, 6.07) is 0. The highest BCUT2D eigenvalue weighted by Crippen LogP contribution is 2.25. The van der Waals surface area contributed by atoms with E-state index in [0.717, 1.165) is 18.8 Å². The lowest BCUT2D eigenvalue weighted by Crippen LogP contribution is -2.34. The maximum atomic E-state index is 12.3. The summed E-state index contributed by atoms with van der Waals surface area (Å²) in [5.41, 5.74) is 0.866. The molecule has 1 aromatic rings. The Balaban J connectivity index is 0.00000200. The zero-order chi connectivity index (χ0) is 13.8. The van der Waals surface area contributed by atoms with Crippen LogP contribution in [0.4, 0.5) is 5.69 Å². The molecule has 2 rings (SSSR count). The van der Waals surface area contributed by atoms with Gasteiger partial charge in [-0.2, -0.15) is 5.10 Å². The number of piperidine rings is 1. The lowest BCUT2D eigenvalue weighted by Gasteiger charge is -2.29. The molecule has 21 heavy (non-hydrogen) atoms. The molecule has 5 nitrogen and oxygen atoms in total. The van der Waals surface area contributed by atoms with Crippen LogP contribution in [0.15, 0.2) is 12.4 Å². The fraction of sp³-hybridized carbons (Fsp3) is 0.714. The van der Waals surface area contributed by atoms with E-state index >= 15 is 0 Å². The van der Waals surface area contributed by atoms with Crippen molar-refractivity contribution in [2.45, 2.75) is 26.2 Å². The van der Waals surface area contributed by atoms with Crippen molar-refractivity contribution >= 4 is 36.4 Å². The van der Waals surface area contributed by atoms with Crippen LogP contribution < -0.4 is 10.2 Å². The van der Waals surface area contributed by atoms with Gasteiger partial charge in [-0.05, 0) is 37.8 Å². The first-order valence-corrected chi connectivity index (χ1v) is 7.04. The maximum Gasteiger partial charge on any atom is 0.227 e. The first-order chi connectivity index (χ1) is 9.08. The molecular weight excluding hydrogens is 311 g/mol. The number of carbonyl (C=O) groups excluding carboxylic acids is 1. The van der Waals surface area contributed by atoms with Gasteiger partial charge < -0.3 is 10.2 Å². The number of hydrogen-bond acceptors (Lipinski definition) is 3. The third-order valence-corrected chi connectivity index (χ3v) is 4.14. The van der Waals surface area contributed by atoms with Crippen molar-refractivity contribution in [2.24, 2.45) is 18.9 Å². The predicted octanol–water partition coefficient (Wildman–Crippen LogP) is 2.25. The molecule has 1 atom stereocenters. The van der Waals surface area contributed by atoms with Gasteiger partial charge in [0, 0.05) is 26.7 Å². The van der Waals surface area contributed by atoms with Gasteiger partial charge in [-0.3, -0.25) is 9.48 Å². The molecule has 0 radical (unpaired) electrons. The van der Waals surface area contributed by atoms with Gasteiger partial charge in [0.2, 0.25) is 5.91 Å². The smallest absolute Gasteiger partial charge is 0.227 e. The van der Waals surface area contributed by atoms with E-state index in [9.17, 15) is 4.79 Å². The molecule has 0 aromatic carbocycles. The van der Waals surface area contributed by atoms with Crippen LogP contribution in [0.2, 0.25) is 0 Å². The van der Waals surface area contributed by atoms with E-state index in [2.05, 4.69) is 17.3 Å². The van der Waals surface area contributed by atoms with E-state index < -0.39 is 0 Å². The van der Waals surface area contributed by atoms with Crippen molar-refractivity contribution in [2.75, 3.05) is 25.0 Å². The first-order valence-electron chi connectivity index (χ1n) is 7.04. The third kappa shape index (κ3) is 5.49. The lowest BCUT2D eigenvalue weighted by molar-refractivity contribution is -0.119. The second-order valence-electron chi connectivity index (χ2n) is 5.59. The Morgan fingerprint density at radius 1 is 1.48 bits per heavy atom. The highest BCUT2D eigenvalue weighted by Gasteiger charge is 2.23. The van der Waals surface area contributed by atoms with Gasteiger partial charge >= 0.3 is 0 Å². The zero-order valence-corrected chi connectivity index (χ0v) is 14.5. The minimum atomic E-state index is 0. The summed E-state index contributed by atoms with van der Waals surface area (Å²) in [7, 11) is 3.69. The van der Waals surface area contributed by atoms with E-state index in [1.54, 1.807) is 15.8 Å².